The van der Waals surface area contributed by atoms with Crippen LogP contribution in [0.15, 0.2) is 47.6 Å². The molecule has 2 aromatic rings. The normalized spacial score (nSPS) is 20.5. The second-order valence-electron chi connectivity index (χ2n) is 7.26. The van der Waals surface area contributed by atoms with Crippen molar-refractivity contribution in [1.82, 2.24) is 9.88 Å². The maximum Gasteiger partial charge on any atom is 0.184 e. The van der Waals surface area contributed by atoms with Crippen LogP contribution in [0.25, 0.3) is 0 Å². The third kappa shape index (κ3) is 4.70. The summed E-state index contributed by atoms with van der Waals surface area (Å²) in [7, 11) is -3.69. The number of sulfonamides is 1. The van der Waals surface area contributed by atoms with E-state index in [0.29, 0.717) is 24.0 Å². The van der Waals surface area contributed by atoms with Crippen LogP contribution >= 0.6 is 0 Å². The van der Waals surface area contributed by atoms with Crippen molar-refractivity contribution in [3.8, 4) is 5.75 Å². The number of rotatable bonds is 5. The highest BCUT2D eigenvalue weighted by atomic mass is 32.3. The molecule has 0 saturated carbocycles. The molecular formula is C20H25N3O4S. The number of anilines is 1. The van der Waals surface area contributed by atoms with Crippen LogP contribution in [-0.2, 0) is 25.9 Å². The van der Waals surface area contributed by atoms with Crippen LogP contribution in [0.3, 0.4) is 0 Å². The van der Waals surface area contributed by atoms with Crippen LogP contribution in [0.1, 0.15) is 18.4 Å². The zero-order valence-electron chi connectivity index (χ0n) is 15.7. The summed E-state index contributed by atoms with van der Waals surface area (Å²) in [5.41, 5.74) is 1.45. The summed E-state index contributed by atoms with van der Waals surface area (Å²) in [6.07, 6.45) is 5.27. The van der Waals surface area contributed by atoms with Crippen molar-refractivity contribution in [2.24, 2.45) is 5.92 Å². The Kier molecular flexibility index (Phi) is 5.91. The summed E-state index contributed by atoms with van der Waals surface area (Å²) in [6, 6.07) is 8.46. The lowest BCUT2D eigenvalue weighted by molar-refractivity contribution is 0.0507. The van der Waals surface area contributed by atoms with E-state index < -0.39 is 10.4 Å². The van der Waals surface area contributed by atoms with E-state index in [1.54, 1.807) is 30.5 Å². The Balaban J connectivity index is 1.47. The average molecular weight is 404 g/mol. The van der Waals surface area contributed by atoms with E-state index in [9.17, 15) is 8.76 Å². The van der Waals surface area contributed by atoms with Gasteiger partial charge in [0.25, 0.3) is 0 Å². The summed E-state index contributed by atoms with van der Waals surface area (Å²) in [6.45, 7) is 4.86. The van der Waals surface area contributed by atoms with Gasteiger partial charge in [0, 0.05) is 50.7 Å². The Labute approximate surface area is 166 Å². The second-order valence-corrected chi connectivity index (χ2v) is 8.94. The first kappa shape index (κ1) is 19.3. The molecule has 7 nitrogen and oxygen atoms in total. The van der Waals surface area contributed by atoms with Gasteiger partial charge in [0.1, 0.15) is 12.4 Å². The Morgan fingerprint density at radius 1 is 1.25 bits per heavy atom. The Hall–Kier alpha value is -2.00. The zero-order valence-corrected chi connectivity index (χ0v) is 16.5. The summed E-state index contributed by atoms with van der Waals surface area (Å²) >= 11 is 0. The topological polar surface area (TPSA) is 86.8 Å². The van der Waals surface area contributed by atoms with Gasteiger partial charge in [-0.05, 0) is 43.0 Å². The summed E-state index contributed by atoms with van der Waals surface area (Å²) in [5.74, 6) is 1.29. The van der Waals surface area contributed by atoms with Gasteiger partial charge in [-0.3, -0.25) is 9.88 Å². The van der Waals surface area contributed by atoms with E-state index in [-0.39, 0.29) is 4.90 Å². The number of benzene rings is 1. The van der Waals surface area contributed by atoms with Crippen LogP contribution in [0, 0.1) is 5.92 Å². The van der Waals surface area contributed by atoms with E-state index in [1.165, 1.54) is 6.20 Å². The first-order valence-corrected chi connectivity index (χ1v) is 11.1. The SMILES string of the molecule is O=[S+]([O-])(Nc1cccnc1)c1ccc2c(c1)OCCN(CC1CCOCC1)C2. The van der Waals surface area contributed by atoms with Gasteiger partial charge in [0.15, 0.2) is 15.3 Å². The largest absolute Gasteiger partial charge is 0.588 e. The van der Waals surface area contributed by atoms with Crippen LogP contribution < -0.4 is 9.46 Å². The van der Waals surface area contributed by atoms with E-state index in [4.69, 9.17) is 9.47 Å². The van der Waals surface area contributed by atoms with E-state index >= 15 is 0 Å². The predicted molar refractivity (Wildman–Crippen MR) is 106 cm³/mol. The molecule has 1 aromatic heterocycles. The molecule has 1 aromatic carbocycles. The van der Waals surface area contributed by atoms with Crippen molar-refractivity contribution in [3.05, 3.63) is 48.3 Å². The van der Waals surface area contributed by atoms with Crippen molar-refractivity contribution in [2.75, 3.05) is 37.6 Å². The Morgan fingerprint density at radius 3 is 2.89 bits per heavy atom. The van der Waals surface area contributed by atoms with Crippen molar-refractivity contribution in [2.45, 2.75) is 24.3 Å². The molecule has 1 fully saturated rings. The molecule has 3 heterocycles. The van der Waals surface area contributed by atoms with Crippen LogP contribution in [-0.4, -0.2) is 47.3 Å². The summed E-state index contributed by atoms with van der Waals surface area (Å²) in [5, 5.41) is 0. The Bertz CT molecular complexity index is 843. The van der Waals surface area contributed by atoms with Crippen molar-refractivity contribution >= 4 is 16.1 Å². The lowest BCUT2D eigenvalue weighted by Crippen LogP contribution is -2.33. The van der Waals surface area contributed by atoms with E-state index in [1.807, 2.05) is 6.07 Å². The number of pyridine rings is 1. The van der Waals surface area contributed by atoms with Gasteiger partial charge in [-0.15, -0.1) is 0 Å². The molecule has 150 valence electrons. The van der Waals surface area contributed by atoms with Gasteiger partial charge < -0.3 is 14.0 Å². The molecule has 0 radical (unpaired) electrons. The molecular weight excluding hydrogens is 378 g/mol. The third-order valence-corrected chi connectivity index (χ3v) is 6.56. The van der Waals surface area contributed by atoms with Gasteiger partial charge >= 0.3 is 0 Å². The third-order valence-electron chi connectivity index (χ3n) is 5.18. The van der Waals surface area contributed by atoms with Crippen molar-refractivity contribution < 1.29 is 18.2 Å². The zero-order chi connectivity index (χ0) is 19.4. The van der Waals surface area contributed by atoms with Crippen LogP contribution in [0.2, 0.25) is 0 Å². The number of ether oxygens (including phenoxy) is 2. The molecule has 2 aliphatic heterocycles. The number of hydrogen-bond acceptors (Lipinski definition) is 6. The number of aromatic nitrogens is 1. The minimum absolute atomic E-state index is 0.188. The highest BCUT2D eigenvalue weighted by Crippen LogP contribution is 2.30. The fourth-order valence-electron chi connectivity index (χ4n) is 3.66. The summed E-state index contributed by atoms with van der Waals surface area (Å²) < 4.78 is 39.2. The molecule has 4 rings (SSSR count). The average Bonchev–Trinajstić information content (AvgIpc) is 2.90. The van der Waals surface area contributed by atoms with Gasteiger partial charge in [-0.25, -0.2) is 4.72 Å². The van der Waals surface area contributed by atoms with Crippen molar-refractivity contribution in [3.63, 3.8) is 0 Å². The molecule has 2 aliphatic rings. The van der Waals surface area contributed by atoms with E-state index in [2.05, 4.69) is 14.6 Å². The first-order chi connectivity index (χ1) is 13.6. The molecule has 1 saturated heterocycles. The van der Waals surface area contributed by atoms with Crippen LogP contribution in [0.4, 0.5) is 5.69 Å². The molecule has 1 unspecified atom stereocenters. The van der Waals surface area contributed by atoms with E-state index in [0.717, 1.165) is 51.3 Å². The molecule has 0 bridgehead atoms. The monoisotopic (exact) mass is 403 g/mol. The first-order valence-electron chi connectivity index (χ1n) is 9.59. The molecule has 28 heavy (non-hydrogen) atoms. The number of fused-ring (bicyclic) bond motifs is 1. The second kappa shape index (κ2) is 8.57. The number of nitrogens with one attached hydrogen (secondary N) is 1. The fraction of sp³-hybridized carbons (Fsp3) is 0.450. The maximum atomic E-state index is 12.7. The Morgan fingerprint density at radius 2 is 2.11 bits per heavy atom. The molecule has 0 aliphatic carbocycles. The highest BCUT2D eigenvalue weighted by Gasteiger charge is 2.25. The molecule has 0 spiro atoms. The molecule has 1 N–H and O–H groups in total. The van der Waals surface area contributed by atoms with Gasteiger partial charge in [0.05, 0.1) is 11.9 Å². The number of nitrogens with zero attached hydrogens (tertiary/aromatic N) is 2. The van der Waals surface area contributed by atoms with Crippen LogP contribution in [0.5, 0.6) is 5.75 Å². The minimum atomic E-state index is -3.69. The molecule has 1 atom stereocenters. The molecule has 0 amide bonds. The predicted octanol–water partition coefficient (Wildman–Crippen LogP) is 2.72. The molecule has 8 heteroatoms. The van der Waals surface area contributed by atoms with Gasteiger partial charge in [-0.1, -0.05) is 4.21 Å². The maximum absolute atomic E-state index is 12.7. The van der Waals surface area contributed by atoms with Crippen molar-refractivity contribution in [1.29, 1.82) is 0 Å². The summed E-state index contributed by atoms with van der Waals surface area (Å²) in [4.78, 5) is 6.52. The fourth-order valence-corrected chi connectivity index (χ4v) is 4.72. The minimum Gasteiger partial charge on any atom is -0.588 e. The van der Waals surface area contributed by atoms with Gasteiger partial charge in [-0.2, -0.15) is 0 Å². The quantitative estimate of drug-likeness (QED) is 0.773. The lowest BCUT2D eigenvalue weighted by Gasteiger charge is -2.28. The highest BCUT2D eigenvalue weighted by molar-refractivity contribution is 7.98. The lowest BCUT2D eigenvalue weighted by atomic mass is 9.99. The standard InChI is InChI=1S/C20H25N3O4S/c24-28(25,22-18-2-1-7-21-13-18)19-4-3-17-15-23(8-11-27-20(17)12-19)14-16-5-9-26-10-6-16/h1-4,7,12-13,16H,5-6,8-11,14-15H2,(H-,22,24,25). The number of hydrogen-bond donors (Lipinski definition) is 1. The smallest absolute Gasteiger partial charge is 0.184 e. The van der Waals surface area contributed by atoms with Gasteiger partial charge in [0.2, 0.25) is 0 Å².